The second-order valence-electron chi connectivity index (χ2n) is 5.69. The molecule has 1 fully saturated rings. The van der Waals surface area contributed by atoms with Crippen molar-refractivity contribution in [2.24, 2.45) is 11.7 Å². The minimum absolute atomic E-state index is 0. The second-order valence-corrected chi connectivity index (χ2v) is 5.69. The minimum atomic E-state index is 0. The average Bonchev–Trinajstić information content (AvgIpc) is 2.67. The number of nitrogens with two attached hydrogens (primary N) is 1. The summed E-state index contributed by atoms with van der Waals surface area (Å²) < 4.78 is 1.78. The molecule has 1 aromatic rings. The zero-order valence-corrected chi connectivity index (χ0v) is 14.5. The van der Waals surface area contributed by atoms with Gasteiger partial charge in [-0.3, -0.25) is 9.48 Å². The van der Waals surface area contributed by atoms with Crippen LogP contribution in [0.2, 0.25) is 0 Å². The van der Waals surface area contributed by atoms with E-state index in [4.69, 9.17) is 5.73 Å². The van der Waals surface area contributed by atoms with Gasteiger partial charge in [-0.05, 0) is 38.7 Å². The molecule has 0 aromatic carbocycles. The van der Waals surface area contributed by atoms with Gasteiger partial charge in [0.1, 0.15) is 6.54 Å². The Morgan fingerprint density at radius 1 is 1.43 bits per heavy atom. The number of hydrogen-bond acceptors (Lipinski definition) is 3. The van der Waals surface area contributed by atoms with E-state index in [1.165, 1.54) is 0 Å². The maximum absolute atomic E-state index is 12.4. The van der Waals surface area contributed by atoms with E-state index in [0.717, 1.165) is 30.8 Å². The molecule has 1 aliphatic heterocycles. The van der Waals surface area contributed by atoms with Crippen molar-refractivity contribution in [3.63, 3.8) is 0 Å². The number of rotatable bonds is 3. The molecule has 1 saturated heterocycles. The molecule has 0 spiro atoms. The van der Waals surface area contributed by atoms with Crippen molar-refractivity contribution in [1.82, 2.24) is 14.7 Å². The number of halogens is 2. The highest BCUT2D eigenvalue weighted by Gasteiger charge is 2.29. The Morgan fingerprint density at radius 2 is 2.10 bits per heavy atom. The number of likely N-dealkylation sites (tertiary alicyclic amines) is 1. The molecule has 2 heterocycles. The number of aryl methyl sites for hydroxylation is 2. The van der Waals surface area contributed by atoms with Gasteiger partial charge in [-0.2, -0.15) is 5.10 Å². The highest BCUT2D eigenvalue weighted by molar-refractivity contribution is 5.85. The molecular weight excluding hydrogens is 311 g/mol. The summed E-state index contributed by atoms with van der Waals surface area (Å²) >= 11 is 0. The summed E-state index contributed by atoms with van der Waals surface area (Å²) in [6.45, 7) is 7.84. The van der Waals surface area contributed by atoms with Crippen molar-refractivity contribution in [3.05, 3.63) is 17.5 Å². The standard InChI is InChI=1S/C14H24N4O.2ClH/c1-10-4-5-17(13(6-10)8-15)14(19)9-18-12(3)7-11(2)16-18;;/h7,10,13H,4-6,8-9,15H2,1-3H3;2*1H. The van der Waals surface area contributed by atoms with E-state index in [9.17, 15) is 4.79 Å². The summed E-state index contributed by atoms with van der Waals surface area (Å²) in [6, 6.07) is 2.18. The van der Waals surface area contributed by atoms with Crippen LogP contribution >= 0.6 is 24.8 Å². The van der Waals surface area contributed by atoms with Crippen LogP contribution < -0.4 is 5.73 Å². The first-order valence-corrected chi connectivity index (χ1v) is 7.02. The van der Waals surface area contributed by atoms with Gasteiger partial charge in [-0.25, -0.2) is 0 Å². The molecule has 1 aliphatic rings. The third-order valence-electron chi connectivity index (χ3n) is 3.96. The zero-order chi connectivity index (χ0) is 14.0. The molecule has 0 aliphatic carbocycles. The summed E-state index contributed by atoms with van der Waals surface area (Å²) in [4.78, 5) is 14.4. The maximum Gasteiger partial charge on any atom is 0.244 e. The highest BCUT2D eigenvalue weighted by atomic mass is 35.5. The third kappa shape index (κ3) is 4.87. The first-order chi connectivity index (χ1) is 9.01. The van der Waals surface area contributed by atoms with Gasteiger partial charge in [0.2, 0.25) is 5.91 Å². The Bertz CT molecular complexity index is 464. The molecule has 2 unspecified atom stereocenters. The van der Waals surface area contributed by atoms with Gasteiger partial charge in [-0.1, -0.05) is 6.92 Å². The normalized spacial score (nSPS) is 21.4. The van der Waals surface area contributed by atoms with E-state index in [1.54, 1.807) is 4.68 Å². The van der Waals surface area contributed by atoms with Crippen LogP contribution in [0, 0.1) is 19.8 Å². The predicted octanol–water partition coefficient (Wildman–Crippen LogP) is 1.93. The zero-order valence-electron chi connectivity index (χ0n) is 12.9. The number of aromatic nitrogens is 2. The fourth-order valence-corrected chi connectivity index (χ4v) is 2.86. The van der Waals surface area contributed by atoms with Crippen LogP contribution in [0.5, 0.6) is 0 Å². The van der Waals surface area contributed by atoms with E-state index in [2.05, 4.69) is 12.0 Å². The number of nitrogens with zero attached hydrogens (tertiary/aromatic N) is 3. The van der Waals surface area contributed by atoms with Crippen molar-refractivity contribution in [2.45, 2.75) is 46.2 Å². The molecule has 2 rings (SSSR count). The number of amides is 1. The Hall–Kier alpha value is -0.780. The summed E-state index contributed by atoms with van der Waals surface area (Å²) in [7, 11) is 0. The van der Waals surface area contributed by atoms with E-state index in [0.29, 0.717) is 19.0 Å². The van der Waals surface area contributed by atoms with E-state index < -0.39 is 0 Å². The third-order valence-corrected chi connectivity index (χ3v) is 3.96. The van der Waals surface area contributed by atoms with Gasteiger partial charge in [0.25, 0.3) is 0 Å². The fraction of sp³-hybridized carbons (Fsp3) is 0.714. The van der Waals surface area contributed by atoms with E-state index >= 15 is 0 Å². The second kappa shape index (κ2) is 8.61. The number of carbonyl (C=O) groups excluding carboxylic acids is 1. The lowest BCUT2D eigenvalue weighted by molar-refractivity contribution is -0.136. The average molecular weight is 337 g/mol. The van der Waals surface area contributed by atoms with Crippen molar-refractivity contribution >= 4 is 30.7 Å². The van der Waals surface area contributed by atoms with E-state index in [1.807, 2.05) is 24.8 Å². The predicted molar refractivity (Wildman–Crippen MR) is 89.2 cm³/mol. The molecule has 2 atom stereocenters. The molecule has 2 N–H and O–H groups in total. The SMILES string of the molecule is Cc1cc(C)n(CC(=O)N2CCC(C)CC2CN)n1.Cl.Cl. The highest BCUT2D eigenvalue weighted by Crippen LogP contribution is 2.22. The van der Waals surface area contributed by atoms with Crippen LogP contribution in [-0.2, 0) is 11.3 Å². The molecule has 122 valence electrons. The van der Waals surface area contributed by atoms with Crippen LogP contribution in [0.15, 0.2) is 6.07 Å². The molecule has 0 bridgehead atoms. The lowest BCUT2D eigenvalue weighted by atomic mass is 9.92. The maximum atomic E-state index is 12.4. The number of hydrogen-bond donors (Lipinski definition) is 1. The van der Waals surface area contributed by atoms with Crippen molar-refractivity contribution in [3.8, 4) is 0 Å². The lowest BCUT2D eigenvalue weighted by Crippen LogP contribution is -2.50. The topological polar surface area (TPSA) is 64.2 Å². The van der Waals surface area contributed by atoms with Gasteiger partial charge >= 0.3 is 0 Å². The number of piperidine rings is 1. The summed E-state index contributed by atoms with van der Waals surface area (Å²) in [5, 5.41) is 4.35. The summed E-state index contributed by atoms with van der Waals surface area (Å²) in [5.41, 5.74) is 7.78. The smallest absolute Gasteiger partial charge is 0.244 e. The first-order valence-electron chi connectivity index (χ1n) is 7.02. The van der Waals surface area contributed by atoms with Crippen LogP contribution in [0.25, 0.3) is 0 Å². The van der Waals surface area contributed by atoms with Gasteiger partial charge < -0.3 is 10.6 Å². The fourth-order valence-electron chi connectivity index (χ4n) is 2.86. The Balaban J connectivity index is 0.00000200. The van der Waals surface area contributed by atoms with Crippen molar-refractivity contribution in [1.29, 1.82) is 0 Å². The number of carbonyl (C=O) groups is 1. The van der Waals surface area contributed by atoms with Gasteiger partial charge in [0, 0.05) is 24.8 Å². The van der Waals surface area contributed by atoms with Crippen LogP contribution in [0.3, 0.4) is 0 Å². The summed E-state index contributed by atoms with van der Waals surface area (Å²) in [5.74, 6) is 0.792. The van der Waals surface area contributed by atoms with Gasteiger partial charge in [0.05, 0.1) is 5.69 Å². The Labute approximate surface area is 139 Å². The van der Waals surface area contributed by atoms with E-state index in [-0.39, 0.29) is 36.8 Å². The molecule has 21 heavy (non-hydrogen) atoms. The molecule has 1 aromatic heterocycles. The monoisotopic (exact) mass is 336 g/mol. The van der Waals surface area contributed by atoms with Crippen LogP contribution in [-0.4, -0.2) is 39.7 Å². The van der Waals surface area contributed by atoms with Crippen molar-refractivity contribution < 1.29 is 4.79 Å². The Morgan fingerprint density at radius 3 is 2.62 bits per heavy atom. The lowest BCUT2D eigenvalue weighted by Gasteiger charge is -2.38. The molecular formula is C14H26Cl2N4O. The molecule has 1 amide bonds. The first kappa shape index (κ1) is 20.2. The van der Waals surface area contributed by atoms with Gasteiger partial charge in [-0.15, -0.1) is 24.8 Å². The van der Waals surface area contributed by atoms with Crippen LogP contribution in [0.4, 0.5) is 0 Å². The molecule has 0 radical (unpaired) electrons. The minimum Gasteiger partial charge on any atom is -0.337 e. The van der Waals surface area contributed by atoms with Crippen LogP contribution in [0.1, 0.15) is 31.2 Å². The molecule has 5 nitrogen and oxygen atoms in total. The van der Waals surface area contributed by atoms with Gasteiger partial charge in [0.15, 0.2) is 0 Å². The quantitative estimate of drug-likeness (QED) is 0.917. The van der Waals surface area contributed by atoms with Crippen molar-refractivity contribution in [2.75, 3.05) is 13.1 Å². The molecule has 7 heteroatoms. The largest absolute Gasteiger partial charge is 0.337 e. The molecule has 0 saturated carbocycles. The Kier molecular flexibility index (Phi) is 8.29. The summed E-state index contributed by atoms with van der Waals surface area (Å²) in [6.07, 6.45) is 2.08.